The second-order valence-electron chi connectivity index (χ2n) is 13.6. The summed E-state index contributed by atoms with van der Waals surface area (Å²) < 4.78 is 19.5. The highest BCUT2D eigenvalue weighted by Crippen LogP contribution is 2.69. The Morgan fingerprint density at radius 1 is 0.975 bits per heavy atom. The molecule has 4 saturated carbocycles. The van der Waals surface area contributed by atoms with Crippen molar-refractivity contribution in [2.75, 3.05) is 39.5 Å². The molecule has 11 unspecified atom stereocenters. The maximum absolute atomic E-state index is 9.55. The molecule has 0 bridgehead atoms. The van der Waals surface area contributed by atoms with Crippen molar-refractivity contribution in [1.29, 1.82) is 5.26 Å². The Labute approximate surface area is 242 Å². The molecule has 1 N–H and O–H groups in total. The molecular weight excluding hydrogens is 502 g/mol. The predicted molar refractivity (Wildman–Crippen MR) is 154 cm³/mol. The lowest BCUT2D eigenvalue weighted by molar-refractivity contribution is -0.226. The van der Waals surface area contributed by atoms with Gasteiger partial charge < -0.3 is 29.0 Å². The first kappa shape index (κ1) is 31.3. The third-order valence-corrected chi connectivity index (χ3v) is 11.9. The fraction of sp³-hybridized carbons (Fsp3) is 0.909. The van der Waals surface area contributed by atoms with Crippen LogP contribution in [0.15, 0.2) is 0 Å². The van der Waals surface area contributed by atoms with Gasteiger partial charge in [0.15, 0.2) is 0 Å². The summed E-state index contributed by atoms with van der Waals surface area (Å²) in [6.45, 7) is 24.4. The maximum atomic E-state index is 9.55. The highest BCUT2D eigenvalue weighted by molar-refractivity contribution is 5.15. The number of nitriles is 1. The van der Waals surface area contributed by atoms with Crippen molar-refractivity contribution >= 4 is 0 Å². The van der Waals surface area contributed by atoms with Gasteiger partial charge in [-0.25, -0.2) is 13.1 Å². The van der Waals surface area contributed by atoms with Crippen LogP contribution < -0.4 is 0 Å². The first-order valence-corrected chi connectivity index (χ1v) is 15.8. The van der Waals surface area contributed by atoms with Crippen molar-refractivity contribution in [2.45, 2.75) is 103 Å². The average Bonchev–Trinajstić information content (AvgIpc) is 3.31. The summed E-state index contributed by atoms with van der Waals surface area (Å²) in [5, 5.41) is 18.8. The van der Waals surface area contributed by atoms with E-state index in [0.717, 1.165) is 44.9 Å². The molecule has 0 saturated heterocycles. The van der Waals surface area contributed by atoms with Gasteiger partial charge in [0.1, 0.15) is 13.2 Å². The van der Waals surface area contributed by atoms with Crippen molar-refractivity contribution in [3.8, 4) is 6.07 Å². The number of nitrogens with zero attached hydrogens (tertiary/aromatic N) is 3. The van der Waals surface area contributed by atoms with Crippen LogP contribution in [0, 0.1) is 70.8 Å². The second kappa shape index (κ2) is 14.0. The van der Waals surface area contributed by atoms with E-state index in [0.29, 0.717) is 74.8 Å². The molecule has 0 aliphatic heterocycles. The van der Waals surface area contributed by atoms with E-state index in [1.807, 2.05) is 0 Å². The standard InChI is InChI=1S/C33H51N3O4/c1-23(8-6-16-37)26-9-10-27-31-28(22-30(33(26,27)3)40-19-15-36-5)32(2)12-11-25(38-18-14-35-4)20-24(32)21-29(31)39-17-7-13-34/h23-31,37H,6-12,14-22H2,1-3H3. The molecule has 7 heteroatoms. The van der Waals surface area contributed by atoms with Gasteiger partial charge in [-0.05, 0) is 98.7 Å². The zero-order valence-corrected chi connectivity index (χ0v) is 25.0. The summed E-state index contributed by atoms with van der Waals surface area (Å²) in [5.41, 5.74) is 0.195. The summed E-state index contributed by atoms with van der Waals surface area (Å²) in [4.78, 5) is 7.06. The molecule has 0 amide bonds. The minimum absolute atomic E-state index is 0.0121. The van der Waals surface area contributed by atoms with Crippen LogP contribution in [0.3, 0.4) is 0 Å². The van der Waals surface area contributed by atoms with Gasteiger partial charge in [-0.3, -0.25) is 0 Å². The summed E-state index contributed by atoms with van der Waals surface area (Å²) >= 11 is 0. The van der Waals surface area contributed by atoms with Crippen LogP contribution in [-0.4, -0.2) is 62.9 Å². The molecule has 4 aliphatic rings. The number of aliphatic hydroxyl groups excluding tert-OH is 1. The molecule has 0 radical (unpaired) electrons. The van der Waals surface area contributed by atoms with E-state index in [1.54, 1.807) is 0 Å². The van der Waals surface area contributed by atoms with Gasteiger partial charge in [-0.2, -0.15) is 5.26 Å². The molecule has 40 heavy (non-hydrogen) atoms. The summed E-state index contributed by atoms with van der Waals surface area (Å²) in [7, 11) is 0. The SMILES string of the molecule is [C-]#[N+]CCOC1CCC2(C)C(C1)CC(OCCC#N)C1C2CC(OCC[N+]#[C-])C2(C)C(C(C)CCCO)CCC12. The fourth-order valence-corrected chi connectivity index (χ4v) is 10.0. The Morgan fingerprint density at radius 2 is 1.73 bits per heavy atom. The largest absolute Gasteiger partial charge is 0.396 e. The molecule has 0 heterocycles. The Hall–Kier alpha value is -1.69. The molecule has 4 aliphatic carbocycles. The molecule has 0 spiro atoms. The predicted octanol–water partition coefficient (Wildman–Crippen LogP) is 6.18. The Balaban J connectivity index is 1.66. The summed E-state index contributed by atoms with van der Waals surface area (Å²) in [5.74, 6) is 2.94. The molecule has 222 valence electrons. The van der Waals surface area contributed by atoms with E-state index >= 15 is 0 Å². The van der Waals surface area contributed by atoms with Crippen molar-refractivity contribution in [3.63, 3.8) is 0 Å². The number of fused-ring (bicyclic) bond motifs is 5. The lowest BCUT2D eigenvalue weighted by atomic mass is 9.43. The lowest BCUT2D eigenvalue weighted by Crippen LogP contribution is -2.63. The zero-order chi connectivity index (χ0) is 28.8. The maximum Gasteiger partial charge on any atom is 0.237 e. The molecule has 4 fully saturated rings. The first-order valence-electron chi connectivity index (χ1n) is 15.8. The normalized spacial score (nSPS) is 41.0. The monoisotopic (exact) mass is 553 g/mol. The minimum atomic E-state index is 0.0121. The number of aliphatic hydroxyl groups is 1. The molecule has 11 atom stereocenters. The zero-order valence-electron chi connectivity index (χ0n) is 25.0. The molecule has 0 aromatic rings. The van der Waals surface area contributed by atoms with Crippen LogP contribution in [-0.2, 0) is 14.2 Å². The number of rotatable bonds is 13. The Kier molecular flexibility index (Phi) is 10.9. The van der Waals surface area contributed by atoms with Crippen molar-refractivity contribution in [1.82, 2.24) is 0 Å². The van der Waals surface area contributed by atoms with E-state index < -0.39 is 0 Å². The van der Waals surface area contributed by atoms with Crippen LogP contribution >= 0.6 is 0 Å². The van der Waals surface area contributed by atoms with Gasteiger partial charge in [-0.1, -0.05) is 20.8 Å². The molecule has 4 rings (SSSR count). The number of hydrogen-bond acceptors (Lipinski definition) is 5. The molecule has 0 aromatic heterocycles. The van der Waals surface area contributed by atoms with E-state index in [4.69, 9.17) is 27.4 Å². The molecule has 0 aromatic carbocycles. The van der Waals surface area contributed by atoms with Crippen LogP contribution in [0.1, 0.15) is 85.0 Å². The number of ether oxygens (including phenoxy) is 3. The van der Waals surface area contributed by atoms with E-state index in [9.17, 15) is 10.4 Å². The smallest absolute Gasteiger partial charge is 0.237 e. The van der Waals surface area contributed by atoms with E-state index in [2.05, 4.69) is 36.5 Å². The third kappa shape index (κ3) is 6.08. The van der Waals surface area contributed by atoms with E-state index in [-0.39, 0.29) is 35.7 Å². The topological polar surface area (TPSA) is 80.4 Å². The summed E-state index contributed by atoms with van der Waals surface area (Å²) in [6.07, 6.45) is 10.3. The first-order chi connectivity index (χ1) is 19.3. The van der Waals surface area contributed by atoms with Gasteiger partial charge in [0.2, 0.25) is 13.1 Å². The minimum Gasteiger partial charge on any atom is -0.396 e. The highest BCUT2D eigenvalue weighted by Gasteiger charge is 2.66. The van der Waals surface area contributed by atoms with Gasteiger partial charge in [-0.15, -0.1) is 0 Å². The van der Waals surface area contributed by atoms with Gasteiger partial charge in [0.05, 0.1) is 37.4 Å². The van der Waals surface area contributed by atoms with Crippen LogP contribution in [0.5, 0.6) is 0 Å². The lowest BCUT2D eigenvalue weighted by Gasteiger charge is -2.64. The van der Waals surface area contributed by atoms with Gasteiger partial charge in [0, 0.05) is 12.0 Å². The van der Waals surface area contributed by atoms with Gasteiger partial charge in [0.25, 0.3) is 0 Å². The number of hydrogen-bond donors (Lipinski definition) is 1. The quantitative estimate of drug-likeness (QED) is 0.218. The average molecular weight is 554 g/mol. The Bertz CT molecular complexity index is 955. The van der Waals surface area contributed by atoms with Crippen molar-refractivity contribution in [3.05, 3.63) is 22.8 Å². The van der Waals surface area contributed by atoms with Crippen LogP contribution in [0.25, 0.3) is 9.69 Å². The van der Waals surface area contributed by atoms with Crippen molar-refractivity contribution < 1.29 is 19.3 Å². The Morgan fingerprint density at radius 3 is 2.42 bits per heavy atom. The molecular formula is C33H51N3O4. The fourth-order valence-electron chi connectivity index (χ4n) is 10.0. The van der Waals surface area contributed by atoms with Crippen molar-refractivity contribution in [2.24, 2.45) is 46.3 Å². The second-order valence-corrected chi connectivity index (χ2v) is 13.6. The van der Waals surface area contributed by atoms with Crippen LogP contribution in [0.4, 0.5) is 0 Å². The van der Waals surface area contributed by atoms with Crippen LogP contribution in [0.2, 0.25) is 0 Å². The molecule has 7 nitrogen and oxygen atoms in total. The highest BCUT2D eigenvalue weighted by atomic mass is 16.5. The summed E-state index contributed by atoms with van der Waals surface area (Å²) in [6, 6.07) is 2.28. The van der Waals surface area contributed by atoms with E-state index in [1.165, 1.54) is 12.8 Å². The van der Waals surface area contributed by atoms with Gasteiger partial charge >= 0.3 is 0 Å². The third-order valence-electron chi connectivity index (χ3n) is 11.9.